The Labute approximate surface area is 144 Å². The molecule has 4 nitrogen and oxygen atoms in total. The highest BCUT2D eigenvalue weighted by atomic mass is 35.5. The first kappa shape index (κ1) is 16.5. The zero-order valence-electron chi connectivity index (χ0n) is 12.8. The second-order valence-corrected chi connectivity index (χ2v) is 6.14. The molecule has 2 amide bonds. The maximum atomic E-state index is 13.8. The number of carbonyl (C=O) groups is 2. The standard InChI is InChI=1S/C18H16ClFN2O2/c19-14-7-4-8-15(20)17(14)18(24)21-13-9-16(23)22(11-13)10-12-5-2-1-3-6-12/h1-8,13H,9-11H2,(H,21,24). The van der Waals surface area contributed by atoms with Gasteiger partial charge in [0.25, 0.3) is 5.91 Å². The van der Waals surface area contributed by atoms with Crippen LogP contribution in [0.4, 0.5) is 4.39 Å². The molecule has 1 fully saturated rings. The molecule has 1 aliphatic rings. The molecule has 0 saturated carbocycles. The van der Waals surface area contributed by atoms with Gasteiger partial charge in [0, 0.05) is 19.5 Å². The van der Waals surface area contributed by atoms with Crippen LogP contribution in [-0.4, -0.2) is 29.3 Å². The summed E-state index contributed by atoms with van der Waals surface area (Å²) in [6.45, 7) is 0.887. The van der Waals surface area contributed by atoms with E-state index >= 15 is 0 Å². The number of amides is 2. The predicted molar refractivity (Wildman–Crippen MR) is 89.1 cm³/mol. The molecule has 6 heteroatoms. The van der Waals surface area contributed by atoms with Crippen molar-refractivity contribution in [2.24, 2.45) is 0 Å². The number of hydrogen-bond donors (Lipinski definition) is 1. The van der Waals surface area contributed by atoms with Crippen molar-refractivity contribution in [1.29, 1.82) is 0 Å². The van der Waals surface area contributed by atoms with E-state index in [1.54, 1.807) is 4.90 Å². The van der Waals surface area contributed by atoms with E-state index < -0.39 is 11.7 Å². The van der Waals surface area contributed by atoms with Crippen LogP contribution in [0.1, 0.15) is 22.3 Å². The smallest absolute Gasteiger partial charge is 0.256 e. The highest BCUT2D eigenvalue weighted by Crippen LogP contribution is 2.20. The molecule has 0 spiro atoms. The van der Waals surface area contributed by atoms with Crippen LogP contribution in [0.15, 0.2) is 48.5 Å². The van der Waals surface area contributed by atoms with E-state index in [4.69, 9.17) is 11.6 Å². The van der Waals surface area contributed by atoms with Gasteiger partial charge in [-0.25, -0.2) is 4.39 Å². The molecule has 124 valence electrons. The van der Waals surface area contributed by atoms with Crippen molar-refractivity contribution < 1.29 is 14.0 Å². The van der Waals surface area contributed by atoms with E-state index in [0.717, 1.165) is 5.56 Å². The lowest BCUT2D eigenvalue weighted by molar-refractivity contribution is -0.128. The third kappa shape index (κ3) is 3.57. The van der Waals surface area contributed by atoms with Crippen molar-refractivity contribution in [3.05, 3.63) is 70.5 Å². The van der Waals surface area contributed by atoms with Gasteiger partial charge in [0.15, 0.2) is 0 Å². The molecule has 1 N–H and O–H groups in total. The Balaban J connectivity index is 1.65. The third-order valence-electron chi connectivity index (χ3n) is 3.96. The summed E-state index contributed by atoms with van der Waals surface area (Å²) >= 11 is 5.90. The van der Waals surface area contributed by atoms with Crippen LogP contribution >= 0.6 is 11.6 Å². The molecule has 1 heterocycles. The summed E-state index contributed by atoms with van der Waals surface area (Å²) in [5, 5.41) is 2.75. The zero-order chi connectivity index (χ0) is 17.1. The fourth-order valence-electron chi connectivity index (χ4n) is 2.80. The average Bonchev–Trinajstić information content (AvgIpc) is 2.87. The Morgan fingerprint density at radius 2 is 1.96 bits per heavy atom. The lowest BCUT2D eigenvalue weighted by atomic mass is 10.1. The first-order chi connectivity index (χ1) is 11.5. The van der Waals surface area contributed by atoms with Crippen molar-refractivity contribution in [1.82, 2.24) is 10.2 Å². The van der Waals surface area contributed by atoms with Crippen LogP contribution in [0, 0.1) is 5.82 Å². The van der Waals surface area contributed by atoms with Gasteiger partial charge in [-0.1, -0.05) is 48.0 Å². The minimum atomic E-state index is -0.675. The summed E-state index contributed by atoms with van der Waals surface area (Å²) in [4.78, 5) is 26.0. The van der Waals surface area contributed by atoms with Crippen LogP contribution in [0.5, 0.6) is 0 Å². The molecule has 2 aromatic carbocycles. The van der Waals surface area contributed by atoms with Crippen LogP contribution in [0.25, 0.3) is 0 Å². The Hall–Kier alpha value is -2.40. The molecule has 0 radical (unpaired) electrons. The lowest BCUT2D eigenvalue weighted by Gasteiger charge is -2.17. The predicted octanol–water partition coefficient (Wildman–Crippen LogP) is 3.01. The largest absolute Gasteiger partial charge is 0.347 e. The van der Waals surface area contributed by atoms with Gasteiger partial charge in [-0.3, -0.25) is 9.59 Å². The summed E-state index contributed by atoms with van der Waals surface area (Å²) < 4.78 is 13.8. The van der Waals surface area contributed by atoms with Crippen molar-refractivity contribution in [2.75, 3.05) is 6.54 Å². The van der Waals surface area contributed by atoms with Gasteiger partial charge < -0.3 is 10.2 Å². The van der Waals surface area contributed by atoms with Gasteiger partial charge >= 0.3 is 0 Å². The molecule has 0 aromatic heterocycles. The highest BCUT2D eigenvalue weighted by Gasteiger charge is 2.31. The summed E-state index contributed by atoms with van der Waals surface area (Å²) in [5.41, 5.74) is 0.836. The molecule has 24 heavy (non-hydrogen) atoms. The third-order valence-corrected chi connectivity index (χ3v) is 4.27. The topological polar surface area (TPSA) is 49.4 Å². The van der Waals surface area contributed by atoms with Crippen LogP contribution < -0.4 is 5.32 Å². The average molecular weight is 347 g/mol. The lowest BCUT2D eigenvalue weighted by Crippen LogP contribution is -2.37. The van der Waals surface area contributed by atoms with Gasteiger partial charge in [-0.15, -0.1) is 0 Å². The number of benzene rings is 2. The number of carbonyl (C=O) groups excluding carboxylic acids is 2. The fraction of sp³-hybridized carbons (Fsp3) is 0.222. The summed E-state index contributed by atoms with van der Waals surface area (Å²) in [7, 11) is 0. The number of nitrogens with zero attached hydrogens (tertiary/aromatic N) is 1. The molecule has 2 aromatic rings. The van der Waals surface area contributed by atoms with Crippen molar-refractivity contribution in [3.8, 4) is 0 Å². The highest BCUT2D eigenvalue weighted by molar-refractivity contribution is 6.33. The van der Waals surface area contributed by atoms with Crippen LogP contribution in [-0.2, 0) is 11.3 Å². The van der Waals surface area contributed by atoms with E-state index in [1.165, 1.54) is 18.2 Å². The van der Waals surface area contributed by atoms with Crippen molar-refractivity contribution in [3.63, 3.8) is 0 Å². The zero-order valence-corrected chi connectivity index (χ0v) is 13.6. The minimum absolute atomic E-state index is 0.0382. The Morgan fingerprint density at radius 3 is 2.67 bits per heavy atom. The molecule has 3 rings (SSSR count). The molecule has 1 unspecified atom stereocenters. The maximum Gasteiger partial charge on any atom is 0.256 e. The first-order valence-electron chi connectivity index (χ1n) is 7.61. The maximum absolute atomic E-state index is 13.8. The van der Waals surface area contributed by atoms with Gasteiger partial charge in [0.05, 0.1) is 16.6 Å². The second kappa shape index (κ2) is 7.01. The number of nitrogens with one attached hydrogen (secondary N) is 1. The number of halogens is 2. The fourth-order valence-corrected chi connectivity index (χ4v) is 3.05. The normalized spacial score (nSPS) is 17.2. The molecular weight excluding hydrogens is 331 g/mol. The summed E-state index contributed by atoms with van der Waals surface area (Å²) in [5.74, 6) is -1.31. The quantitative estimate of drug-likeness (QED) is 0.925. The SMILES string of the molecule is O=C(NC1CC(=O)N(Cc2ccccc2)C1)c1c(F)cccc1Cl. The summed E-state index contributed by atoms with van der Waals surface area (Å²) in [6, 6.07) is 13.3. The van der Waals surface area contributed by atoms with E-state index in [2.05, 4.69) is 5.32 Å². The number of likely N-dealkylation sites (tertiary alicyclic amines) is 1. The Morgan fingerprint density at radius 1 is 1.21 bits per heavy atom. The van der Waals surface area contributed by atoms with Crippen LogP contribution in [0.2, 0.25) is 5.02 Å². The van der Waals surface area contributed by atoms with E-state index in [-0.39, 0.29) is 29.0 Å². The molecular formula is C18H16ClFN2O2. The molecule has 1 aliphatic heterocycles. The van der Waals surface area contributed by atoms with Gasteiger partial charge in [0.2, 0.25) is 5.91 Å². The molecule has 1 atom stereocenters. The van der Waals surface area contributed by atoms with E-state index in [1.807, 2.05) is 30.3 Å². The van der Waals surface area contributed by atoms with Gasteiger partial charge in [-0.05, 0) is 17.7 Å². The van der Waals surface area contributed by atoms with Crippen molar-refractivity contribution >= 4 is 23.4 Å². The number of hydrogen-bond acceptors (Lipinski definition) is 2. The Kier molecular flexibility index (Phi) is 4.81. The monoisotopic (exact) mass is 346 g/mol. The first-order valence-corrected chi connectivity index (χ1v) is 7.99. The van der Waals surface area contributed by atoms with Gasteiger partial charge in [-0.2, -0.15) is 0 Å². The minimum Gasteiger partial charge on any atom is -0.347 e. The second-order valence-electron chi connectivity index (χ2n) is 5.73. The Bertz CT molecular complexity index is 747. The molecule has 1 saturated heterocycles. The molecule has 0 bridgehead atoms. The number of rotatable bonds is 4. The van der Waals surface area contributed by atoms with E-state index in [9.17, 15) is 14.0 Å². The summed E-state index contributed by atoms with van der Waals surface area (Å²) in [6.07, 6.45) is 0.199. The van der Waals surface area contributed by atoms with Crippen molar-refractivity contribution in [2.45, 2.75) is 19.0 Å². The molecule has 0 aliphatic carbocycles. The van der Waals surface area contributed by atoms with Crippen LogP contribution in [0.3, 0.4) is 0 Å². The van der Waals surface area contributed by atoms with E-state index in [0.29, 0.717) is 13.1 Å². The van der Waals surface area contributed by atoms with Gasteiger partial charge in [0.1, 0.15) is 5.82 Å².